The third kappa shape index (κ3) is 3.72. The van der Waals surface area contributed by atoms with Crippen molar-refractivity contribution < 1.29 is 9.53 Å². The highest BCUT2D eigenvalue weighted by Crippen LogP contribution is 2.31. The number of esters is 1. The molecule has 1 aromatic carbocycles. The molecule has 1 aromatic rings. The highest BCUT2D eigenvalue weighted by molar-refractivity contribution is 5.87. The van der Waals surface area contributed by atoms with E-state index >= 15 is 0 Å². The number of ether oxygens (including phenoxy) is 1. The van der Waals surface area contributed by atoms with Crippen LogP contribution in [0.15, 0.2) is 18.2 Å². The third-order valence-corrected chi connectivity index (χ3v) is 3.58. The average molecular weight is 274 g/mol. The summed E-state index contributed by atoms with van der Waals surface area (Å²) in [6.45, 7) is 11.0. The van der Waals surface area contributed by atoms with Crippen molar-refractivity contribution in [3.63, 3.8) is 0 Å². The van der Waals surface area contributed by atoms with Crippen molar-refractivity contribution in [2.75, 3.05) is 7.11 Å². The second-order valence-corrected chi connectivity index (χ2v) is 5.66. The molecule has 2 heteroatoms. The first kappa shape index (κ1) is 16.5. The van der Waals surface area contributed by atoms with Crippen molar-refractivity contribution in [3.8, 4) is 0 Å². The molecule has 0 aliphatic heterocycles. The van der Waals surface area contributed by atoms with E-state index in [4.69, 9.17) is 0 Å². The third-order valence-electron chi connectivity index (χ3n) is 3.58. The van der Waals surface area contributed by atoms with Gasteiger partial charge < -0.3 is 4.74 Å². The summed E-state index contributed by atoms with van der Waals surface area (Å²) in [5.74, 6) is 0.632. The van der Waals surface area contributed by atoms with Crippen LogP contribution < -0.4 is 0 Å². The van der Waals surface area contributed by atoms with Gasteiger partial charge in [0.25, 0.3) is 0 Å². The van der Waals surface area contributed by atoms with Crippen LogP contribution in [0.5, 0.6) is 0 Å². The maximum Gasteiger partial charge on any atom is 0.330 e. The number of hydrogen-bond acceptors (Lipinski definition) is 2. The zero-order valence-electron chi connectivity index (χ0n) is 13.5. The van der Waals surface area contributed by atoms with Gasteiger partial charge in [-0.2, -0.15) is 0 Å². The smallest absolute Gasteiger partial charge is 0.330 e. The molecule has 1 rings (SSSR count). The molecule has 0 fully saturated rings. The fraction of sp³-hybridized carbons (Fsp3) is 0.500. The first-order valence-corrected chi connectivity index (χ1v) is 7.34. The molecule has 0 radical (unpaired) electrons. The zero-order valence-corrected chi connectivity index (χ0v) is 13.5. The average Bonchev–Trinajstić information content (AvgIpc) is 2.42. The van der Waals surface area contributed by atoms with Crippen LogP contribution >= 0.6 is 0 Å². The van der Waals surface area contributed by atoms with Crippen LogP contribution in [-0.2, 0) is 16.0 Å². The normalized spacial score (nSPS) is 11.6. The maximum absolute atomic E-state index is 11.3. The van der Waals surface area contributed by atoms with Gasteiger partial charge in [-0.15, -0.1) is 0 Å². The minimum atomic E-state index is -0.314. The van der Waals surface area contributed by atoms with Crippen molar-refractivity contribution in [3.05, 3.63) is 40.5 Å². The molecule has 2 nitrogen and oxygen atoms in total. The summed E-state index contributed by atoms with van der Waals surface area (Å²) < 4.78 is 4.67. The molecule has 0 aromatic heterocycles. The SMILES string of the molecule is CCc1c(C(C)C)ccc(C=CC(=O)OC)c1C(C)C. The molecular weight excluding hydrogens is 248 g/mol. The molecule has 0 N–H and O–H groups in total. The van der Waals surface area contributed by atoms with Crippen molar-refractivity contribution >= 4 is 12.0 Å². The second-order valence-electron chi connectivity index (χ2n) is 5.66. The van der Waals surface area contributed by atoms with Crippen LogP contribution in [0, 0.1) is 0 Å². The highest BCUT2D eigenvalue weighted by atomic mass is 16.5. The Hall–Kier alpha value is -1.57. The molecule has 0 aliphatic carbocycles. The van der Waals surface area contributed by atoms with Gasteiger partial charge >= 0.3 is 5.97 Å². The number of methoxy groups -OCH3 is 1. The Morgan fingerprint density at radius 1 is 1.20 bits per heavy atom. The van der Waals surface area contributed by atoms with Crippen molar-refractivity contribution in [1.82, 2.24) is 0 Å². The first-order chi connectivity index (χ1) is 9.42. The van der Waals surface area contributed by atoms with E-state index in [9.17, 15) is 4.79 Å². The minimum absolute atomic E-state index is 0.314. The summed E-state index contributed by atoms with van der Waals surface area (Å²) in [5, 5.41) is 0. The first-order valence-electron chi connectivity index (χ1n) is 7.34. The topological polar surface area (TPSA) is 26.3 Å². The van der Waals surface area contributed by atoms with E-state index in [0.29, 0.717) is 11.8 Å². The Morgan fingerprint density at radius 3 is 2.30 bits per heavy atom. The van der Waals surface area contributed by atoms with Gasteiger partial charge in [-0.25, -0.2) is 4.79 Å². The van der Waals surface area contributed by atoms with E-state index < -0.39 is 0 Å². The molecular formula is C18H26O2. The van der Waals surface area contributed by atoms with Crippen molar-refractivity contribution in [2.24, 2.45) is 0 Å². The Labute approximate surface area is 122 Å². The number of benzene rings is 1. The summed E-state index contributed by atoms with van der Waals surface area (Å²) in [6.07, 6.45) is 4.38. The molecule has 20 heavy (non-hydrogen) atoms. The lowest BCUT2D eigenvalue weighted by Gasteiger charge is -2.21. The van der Waals surface area contributed by atoms with Gasteiger partial charge in [-0.1, -0.05) is 46.8 Å². The van der Waals surface area contributed by atoms with E-state index in [2.05, 4.69) is 51.5 Å². The van der Waals surface area contributed by atoms with Crippen LogP contribution in [0.1, 0.15) is 68.7 Å². The van der Waals surface area contributed by atoms with E-state index in [1.54, 1.807) is 0 Å². The standard InChI is InChI=1S/C18H26O2/c1-7-15-16(12(2)3)10-8-14(18(15)13(4)5)9-11-17(19)20-6/h8-13H,7H2,1-6H3. The molecule has 0 spiro atoms. The van der Waals surface area contributed by atoms with Gasteiger partial charge in [0.2, 0.25) is 0 Å². The van der Waals surface area contributed by atoms with Crippen LogP contribution in [0.4, 0.5) is 0 Å². The molecule has 0 atom stereocenters. The molecule has 0 aliphatic rings. The Morgan fingerprint density at radius 2 is 1.85 bits per heavy atom. The van der Waals surface area contributed by atoms with Crippen molar-refractivity contribution in [1.29, 1.82) is 0 Å². The maximum atomic E-state index is 11.3. The van der Waals surface area contributed by atoms with Crippen LogP contribution in [0.3, 0.4) is 0 Å². The Kier molecular flexibility index (Phi) is 6.00. The predicted molar refractivity (Wildman–Crippen MR) is 85.0 cm³/mol. The van der Waals surface area contributed by atoms with E-state index in [-0.39, 0.29) is 5.97 Å². The lowest BCUT2D eigenvalue weighted by molar-refractivity contribution is -0.134. The molecule has 0 saturated heterocycles. The van der Waals surface area contributed by atoms with Gasteiger partial charge in [0.1, 0.15) is 0 Å². The molecule has 110 valence electrons. The molecule has 0 amide bonds. The van der Waals surface area contributed by atoms with Crippen LogP contribution in [0.2, 0.25) is 0 Å². The Balaban J connectivity index is 3.39. The van der Waals surface area contributed by atoms with Gasteiger partial charge in [0.15, 0.2) is 0 Å². The van der Waals surface area contributed by atoms with Crippen LogP contribution in [0.25, 0.3) is 6.08 Å². The van der Waals surface area contributed by atoms with E-state index in [1.807, 2.05) is 6.08 Å². The van der Waals surface area contributed by atoms with E-state index in [1.165, 1.54) is 29.9 Å². The largest absolute Gasteiger partial charge is 0.466 e. The monoisotopic (exact) mass is 274 g/mol. The number of hydrogen-bond donors (Lipinski definition) is 0. The van der Waals surface area contributed by atoms with Crippen molar-refractivity contribution in [2.45, 2.75) is 52.9 Å². The fourth-order valence-corrected chi connectivity index (χ4v) is 2.69. The number of carbonyl (C=O) groups excluding carboxylic acids is 1. The quantitative estimate of drug-likeness (QED) is 0.575. The lowest BCUT2D eigenvalue weighted by Crippen LogP contribution is -2.05. The van der Waals surface area contributed by atoms with Gasteiger partial charge in [-0.05, 0) is 46.6 Å². The molecule has 0 saturated carbocycles. The second kappa shape index (κ2) is 7.28. The summed E-state index contributed by atoms with van der Waals surface area (Å²) in [4.78, 5) is 11.3. The van der Waals surface area contributed by atoms with E-state index in [0.717, 1.165) is 12.0 Å². The number of rotatable bonds is 5. The molecule has 0 bridgehead atoms. The molecule has 0 unspecified atom stereocenters. The summed E-state index contributed by atoms with van der Waals surface area (Å²) in [6, 6.07) is 4.30. The fourth-order valence-electron chi connectivity index (χ4n) is 2.69. The molecule has 0 heterocycles. The van der Waals surface area contributed by atoms with Crippen LogP contribution in [-0.4, -0.2) is 13.1 Å². The predicted octanol–water partition coefficient (Wildman–Crippen LogP) is 4.68. The lowest BCUT2D eigenvalue weighted by atomic mass is 9.84. The Bertz CT molecular complexity index is 496. The summed E-state index contributed by atoms with van der Waals surface area (Å²) in [5.41, 5.74) is 5.29. The van der Waals surface area contributed by atoms with Gasteiger partial charge in [0, 0.05) is 6.08 Å². The zero-order chi connectivity index (χ0) is 15.3. The van der Waals surface area contributed by atoms with Gasteiger partial charge in [-0.3, -0.25) is 0 Å². The number of carbonyl (C=O) groups is 1. The summed E-state index contributed by atoms with van der Waals surface area (Å²) in [7, 11) is 1.40. The summed E-state index contributed by atoms with van der Waals surface area (Å²) >= 11 is 0. The van der Waals surface area contributed by atoms with Gasteiger partial charge in [0.05, 0.1) is 7.11 Å². The minimum Gasteiger partial charge on any atom is -0.466 e. The highest BCUT2D eigenvalue weighted by Gasteiger charge is 2.15.